The molecule has 0 bridgehead atoms. The first-order valence-electron chi connectivity index (χ1n) is 13.1. The van der Waals surface area contributed by atoms with Crippen LogP contribution in [0.15, 0.2) is 59.8 Å². The number of amides is 2. The maximum atomic E-state index is 13.3. The Morgan fingerprint density at radius 3 is 2.47 bits per heavy atom. The van der Waals surface area contributed by atoms with Gasteiger partial charge in [-0.25, -0.2) is 4.79 Å². The molecule has 0 spiro atoms. The lowest BCUT2D eigenvalue weighted by Crippen LogP contribution is -2.38. The SMILES string of the molecule is CCSc1ccc(CNC(=O)N2CC(c3ccccc3)C(c3cn(C4CC4)nc3C(C)(C)C)C2)nc1. The molecule has 5 rings (SSSR count). The van der Waals surface area contributed by atoms with Crippen LogP contribution in [0.3, 0.4) is 0 Å². The Bertz CT molecular complexity index is 1180. The van der Waals surface area contributed by atoms with E-state index in [0.29, 0.717) is 25.7 Å². The summed E-state index contributed by atoms with van der Waals surface area (Å²) in [6.07, 6.45) is 6.58. The first-order valence-corrected chi connectivity index (χ1v) is 14.1. The van der Waals surface area contributed by atoms with Gasteiger partial charge in [0, 0.05) is 47.6 Å². The van der Waals surface area contributed by atoms with Crippen molar-refractivity contribution >= 4 is 17.8 Å². The van der Waals surface area contributed by atoms with Gasteiger partial charge < -0.3 is 10.2 Å². The molecule has 2 fully saturated rings. The maximum Gasteiger partial charge on any atom is 0.317 e. The van der Waals surface area contributed by atoms with Crippen molar-refractivity contribution in [2.45, 2.75) is 75.3 Å². The molecule has 6 nitrogen and oxygen atoms in total. The molecule has 3 aromatic rings. The van der Waals surface area contributed by atoms with Crippen molar-refractivity contribution in [1.29, 1.82) is 0 Å². The smallest absolute Gasteiger partial charge is 0.317 e. The molecular formula is C29H37N5OS. The normalized spacial score (nSPS) is 20.1. The fraction of sp³-hybridized carbons (Fsp3) is 0.483. The van der Waals surface area contributed by atoms with Crippen molar-refractivity contribution in [2.24, 2.45) is 0 Å². The van der Waals surface area contributed by atoms with E-state index in [1.165, 1.54) is 24.0 Å². The van der Waals surface area contributed by atoms with Gasteiger partial charge in [0.1, 0.15) is 0 Å². The van der Waals surface area contributed by atoms with Gasteiger partial charge in [-0.15, -0.1) is 11.8 Å². The highest BCUT2D eigenvalue weighted by Crippen LogP contribution is 2.44. The highest BCUT2D eigenvalue weighted by Gasteiger charge is 2.41. The Balaban J connectivity index is 1.37. The zero-order valence-corrected chi connectivity index (χ0v) is 22.6. The lowest BCUT2D eigenvalue weighted by atomic mass is 9.79. The Morgan fingerprint density at radius 1 is 1.08 bits per heavy atom. The molecule has 36 heavy (non-hydrogen) atoms. The molecule has 2 atom stereocenters. The number of carbonyl (C=O) groups excluding carboxylic acids is 1. The highest BCUT2D eigenvalue weighted by atomic mass is 32.2. The number of carbonyl (C=O) groups is 1. The number of nitrogens with one attached hydrogen (secondary N) is 1. The summed E-state index contributed by atoms with van der Waals surface area (Å²) < 4.78 is 2.19. The van der Waals surface area contributed by atoms with Crippen molar-refractivity contribution in [3.8, 4) is 0 Å². The fourth-order valence-corrected chi connectivity index (χ4v) is 5.78. The van der Waals surface area contributed by atoms with Crippen LogP contribution < -0.4 is 5.32 Å². The van der Waals surface area contributed by atoms with Crippen LogP contribution in [0.25, 0.3) is 0 Å². The first-order chi connectivity index (χ1) is 17.3. The standard InChI is InChI=1S/C29H37N5OS/c1-5-36-23-14-11-21(30-16-23)15-31-28(35)33-17-24(20-9-7-6-8-10-20)25(18-33)26-19-34(22-12-13-22)32-27(26)29(2,3)4/h6-11,14,16,19,22,24-25H,5,12-13,15,17-18H2,1-4H3,(H,31,35). The van der Waals surface area contributed by atoms with Crippen LogP contribution in [0.1, 0.15) is 80.9 Å². The van der Waals surface area contributed by atoms with E-state index in [2.05, 4.69) is 85.3 Å². The molecule has 1 saturated heterocycles. The highest BCUT2D eigenvalue weighted by molar-refractivity contribution is 7.99. The molecule has 1 N–H and O–H groups in total. The predicted octanol–water partition coefficient (Wildman–Crippen LogP) is 6.12. The van der Waals surface area contributed by atoms with Crippen LogP contribution in [-0.4, -0.2) is 44.5 Å². The molecule has 7 heteroatoms. The van der Waals surface area contributed by atoms with Crippen LogP contribution >= 0.6 is 11.8 Å². The van der Waals surface area contributed by atoms with E-state index in [-0.39, 0.29) is 23.3 Å². The van der Waals surface area contributed by atoms with Crippen molar-refractivity contribution in [1.82, 2.24) is 25.0 Å². The van der Waals surface area contributed by atoms with E-state index in [9.17, 15) is 4.79 Å². The van der Waals surface area contributed by atoms with Crippen molar-refractivity contribution in [2.75, 3.05) is 18.8 Å². The molecule has 2 aliphatic rings. The zero-order valence-electron chi connectivity index (χ0n) is 21.8. The first kappa shape index (κ1) is 24.9. The van der Waals surface area contributed by atoms with E-state index < -0.39 is 0 Å². The van der Waals surface area contributed by atoms with E-state index in [1.807, 2.05) is 17.2 Å². The minimum Gasteiger partial charge on any atom is -0.332 e. The van der Waals surface area contributed by atoms with Gasteiger partial charge in [-0.05, 0) is 41.9 Å². The van der Waals surface area contributed by atoms with Gasteiger partial charge in [0.25, 0.3) is 0 Å². The summed E-state index contributed by atoms with van der Waals surface area (Å²) in [4.78, 5) is 21.0. The second-order valence-corrected chi connectivity index (χ2v) is 12.3. The Kier molecular flexibility index (Phi) is 7.11. The third-order valence-corrected chi connectivity index (χ3v) is 8.02. The molecule has 1 saturated carbocycles. The summed E-state index contributed by atoms with van der Waals surface area (Å²) in [7, 11) is 0. The van der Waals surface area contributed by atoms with Crippen molar-refractivity contribution in [3.63, 3.8) is 0 Å². The fourth-order valence-electron chi connectivity index (χ4n) is 5.15. The lowest BCUT2D eigenvalue weighted by Gasteiger charge is -2.23. The second kappa shape index (κ2) is 10.3. The van der Waals surface area contributed by atoms with Crippen molar-refractivity contribution in [3.05, 3.63) is 77.4 Å². The number of pyridine rings is 1. The average Bonchev–Trinajstić information content (AvgIpc) is 3.45. The Labute approximate surface area is 218 Å². The Morgan fingerprint density at radius 2 is 1.83 bits per heavy atom. The van der Waals surface area contributed by atoms with Crippen LogP contribution in [0, 0.1) is 0 Å². The molecule has 0 radical (unpaired) electrons. The summed E-state index contributed by atoms with van der Waals surface area (Å²) in [5.41, 5.74) is 4.56. The number of hydrogen-bond donors (Lipinski definition) is 1. The molecule has 1 aliphatic carbocycles. The predicted molar refractivity (Wildman–Crippen MR) is 146 cm³/mol. The molecule has 2 amide bonds. The number of rotatable bonds is 7. The second-order valence-electron chi connectivity index (χ2n) is 11.0. The number of urea groups is 1. The van der Waals surface area contributed by atoms with Gasteiger partial charge in [-0.1, -0.05) is 58.0 Å². The Hall–Kier alpha value is -2.80. The number of hydrogen-bond acceptors (Lipinski definition) is 4. The topological polar surface area (TPSA) is 63.1 Å². The minimum absolute atomic E-state index is 0.0286. The van der Waals surface area contributed by atoms with Crippen LogP contribution in [0.4, 0.5) is 4.79 Å². The van der Waals surface area contributed by atoms with E-state index in [0.717, 1.165) is 22.0 Å². The lowest BCUT2D eigenvalue weighted by molar-refractivity contribution is 0.207. The molecule has 2 aromatic heterocycles. The number of benzene rings is 1. The molecular weight excluding hydrogens is 466 g/mol. The maximum absolute atomic E-state index is 13.3. The summed E-state index contributed by atoms with van der Waals surface area (Å²) in [5, 5.41) is 8.18. The minimum atomic E-state index is -0.0553. The van der Waals surface area contributed by atoms with Crippen LogP contribution in [0.2, 0.25) is 0 Å². The molecule has 1 aromatic carbocycles. The molecule has 190 valence electrons. The van der Waals surface area contributed by atoms with Crippen molar-refractivity contribution < 1.29 is 4.79 Å². The van der Waals surface area contributed by atoms with Gasteiger partial charge in [-0.2, -0.15) is 5.10 Å². The third kappa shape index (κ3) is 5.46. The molecule has 1 aliphatic heterocycles. The third-order valence-electron chi connectivity index (χ3n) is 7.16. The number of aromatic nitrogens is 3. The quantitative estimate of drug-likeness (QED) is 0.395. The van der Waals surface area contributed by atoms with Gasteiger partial charge in [0.15, 0.2) is 0 Å². The monoisotopic (exact) mass is 503 g/mol. The summed E-state index contributed by atoms with van der Waals surface area (Å²) in [5.74, 6) is 1.47. The molecule has 3 heterocycles. The summed E-state index contributed by atoms with van der Waals surface area (Å²) in [6.45, 7) is 10.7. The summed E-state index contributed by atoms with van der Waals surface area (Å²) >= 11 is 1.77. The van der Waals surface area contributed by atoms with E-state index >= 15 is 0 Å². The average molecular weight is 504 g/mol. The summed E-state index contributed by atoms with van der Waals surface area (Å²) in [6, 6.07) is 15.2. The van der Waals surface area contributed by atoms with Crippen LogP contribution in [-0.2, 0) is 12.0 Å². The van der Waals surface area contributed by atoms with Gasteiger partial charge in [-0.3, -0.25) is 9.67 Å². The number of thioether (sulfide) groups is 1. The van der Waals surface area contributed by atoms with E-state index in [4.69, 9.17) is 5.10 Å². The largest absolute Gasteiger partial charge is 0.332 e. The number of likely N-dealkylation sites (tertiary alicyclic amines) is 1. The van der Waals surface area contributed by atoms with Gasteiger partial charge >= 0.3 is 6.03 Å². The molecule has 2 unspecified atom stereocenters. The zero-order chi connectivity index (χ0) is 25.3. The van der Waals surface area contributed by atoms with E-state index in [1.54, 1.807) is 11.8 Å². The van der Waals surface area contributed by atoms with Gasteiger partial charge in [0.05, 0.1) is 24.0 Å². The van der Waals surface area contributed by atoms with Gasteiger partial charge in [0.2, 0.25) is 0 Å². The van der Waals surface area contributed by atoms with Crippen LogP contribution in [0.5, 0.6) is 0 Å². The number of nitrogens with zero attached hydrogens (tertiary/aromatic N) is 4.